The highest BCUT2D eigenvalue weighted by Gasteiger charge is 2.05. The number of aliphatic imine (C=N–C) groups is 1. The first kappa shape index (κ1) is 17.5. The van der Waals surface area contributed by atoms with Crippen molar-refractivity contribution in [3.05, 3.63) is 107 Å². The van der Waals surface area contributed by atoms with Gasteiger partial charge in [-0.1, -0.05) is 65.8 Å². The molecular weight excluding hydrogens is 353 g/mol. The molecule has 0 unspecified atom stereocenters. The number of hydrogen-bond donors (Lipinski definition) is 0. The van der Waals surface area contributed by atoms with Crippen LogP contribution in [-0.4, -0.2) is 5.71 Å². The minimum atomic E-state index is -0.248. The van der Waals surface area contributed by atoms with E-state index in [9.17, 15) is 4.39 Å². The van der Waals surface area contributed by atoms with Crippen molar-refractivity contribution in [1.82, 2.24) is 0 Å². The molecule has 0 aliphatic rings. The largest absolute Gasteiger partial charge is 0.248 e. The Hall–Kier alpha value is -2.36. The maximum atomic E-state index is 13.3. The van der Waals surface area contributed by atoms with Gasteiger partial charge in [0.05, 0.1) is 11.4 Å². The molecule has 0 fully saturated rings. The van der Waals surface area contributed by atoms with Crippen LogP contribution in [0, 0.1) is 5.82 Å². The predicted molar refractivity (Wildman–Crippen MR) is 105 cm³/mol. The zero-order valence-corrected chi connectivity index (χ0v) is 14.8. The van der Waals surface area contributed by atoms with Crippen molar-refractivity contribution in [1.29, 1.82) is 0 Å². The lowest BCUT2D eigenvalue weighted by Crippen LogP contribution is -1.97. The lowest BCUT2D eigenvalue weighted by atomic mass is 10.1. The minimum Gasteiger partial charge on any atom is -0.248 e. The van der Waals surface area contributed by atoms with Gasteiger partial charge in [0, 0.05) is 15.5 Å². The summed E-state index contributed by atoms with van der Waals surface area (Å²) in [7, 11) is 0. The Labute approximate surface area is 155 Å². The normalized spacial score (nSPS) is 11.8. The van der Waals surface area contributed by atoms with Gasteiger partial charge < -0.3 is 0 Å². The first-order valence-electron chi connectivity index (χ1n) is 7.70. The fraction of sp³-hybridized carbons (Fsp3) is 0. The van der Waals surface area contributed by atoms with Crippen LogP contribution in [0.3, 0.4) is 0 Å². The first-order valence-corrected chi connectivity index (χ1v) is 8.95. The zero-order valence-electron chi connectivity index (χ0n) is 13.3. The van der Waals surface area contributed by atoms with E-state index in [1.807, 2.05) is 72.1 Å². The summed E-state index contributed by atoms with van der Waals surface area (Å²) in [5.74, 6) is -0.248. The smallest absolute Gasteiger partial charge is 0.124 e. The second-order valence-corrected chi connectivity index (χ2v) is 6.58. The molecule has 3 aromatic carbocycles. The summed E-state index contributed by atoms with van der Waals surface area (Å²) in [4.78, 5) is 5.52. The third-order valence-corrected chi connectivity index (χ3v) is 4.51. The van der Waals surface area contributed by atoms with Gasteiger partial charge in [0.2, 0.25) is 0 Å². The summed E-state index contributed by atoms with van der Waals surface area (Å²) in [6.45, 7) is 0. The number of rotatable bonds is 5. The van der Waals surface area contributed by atoms with E-state index in [0.29, 0.717) is 5.02 Å². The van der Waals surface area contributed by atoms with E-state index in [0.717, 1.165) is 21.9 Å². The molecule has 0 saturated heterocycles. The maximum Gasteiger partial charge on any atom is 0.124 e. The highest BCUT2D eigenvalue weighted by Crippen LogP contribution is 2.23. The molecule has 0 radical (unpaired) electrons. The number of halogens is 2. The third-order valence-electron chi connectivity index (χ3n) is 3.38. The molecule has 0 heterocycles. The molecular formula is C21H15ClFNS. The molecule has 0 bridgehead atoms. The van der Waals surface area contributed by atoms with E-state index in [2.05, 4.69) is 0 Å². The van der Waals surface area contributed by atoms with Gasteiger partial charge in [-0.15, -0.1) is 0 Å². The van der Waals surface area contributed by atoms with Crippen LogP contribution in [0.5, 0.6) is 0 Å². The minimum absolute atomic E-state index is 0.248. The molecule has 3 rings (SSSR count). The average molecular weight is 368 g/mol. The Kier molecular flexibility index (Phi) is 6.04. The molecule has 25 heavy (non-hydrogen) atoms. The van der Waals surface area contributed by atoms with E-state index in [-0.39, 0.29) is 5.82 Å². The van der Waals surface area contributed by atoms with Crippen LogP contribution in [0.2, 0.25) is 5.02 Å². The number of allylic oxidation sites excluding steroid dienone is 1. The quantitative estimate of drug-likeness (QED) is 0.352. The molecule has 3 aromatic rings. The molecule has 0 aromatic heterocycles. The molecule has 0 N–H and O–H groups in total. The van der Waals surface area contributed by atoms with Crippen LogP contribution >= 0.6 is 23.4 Å². The Bertz CT molecular complexity index is 907. The molecule has 0 atom stereocenters. The molecule has 0 aliphatic carbocycles. The van der Waals surface area contributed by atoms with E-state index in [1.54, 1.807) is 6.07 Å². The van der Waals surface area contributed by atoms with E-state index >= 15 is 0 Å². The van der Waals surface area contributed by atoms with Crippen LogP contribution < -0.4 is 0 Å². The van der Waals surface area contributed by atoms with Crippen LogP contribution in [0.4, 0.5) is 10.1 Å². The molecule has 0 spiro atoms. The summed E-state index contributed by atoms with van der Waals surface area (Å²) < 4.78 is 13.3. The molecule has 124 valence electrons. The van der Waals surface area contributed by atoms with E-state index in [1.165, 1.54) is 23.9 Å². The zero-order chi connectivity index (χ0) is 17.5. The Morgan fingerprint density at radius 1 is 0.920 bits per heavy atom. The number of hydrogen-bond acceptors (Lipinski definition) is 2. The van der Waals surface area contributed by atoms with Crippen molar-refractivity contribution in [3.8, 4) is 0 Å². The SMILES string of the molecule is Fc1cccc(SC=CC(=Nc2ccccc2)c2ccccc2Cl)c1. The second kappa shape index (κ2) is 8.65. The van der Waals surface area contributed by atoms with E-state index in [4.69, 9.17) is 16.6 Å². The monoisotopic (exact) mass is 367 g/mol. The van der Waals surface area contributed by atoms with Gasteiger partial charge in [-0.25, -0.2) is 9.38 Å². The molecule has 0 amide bonds. The summed E-state index contributed by atoms with van der Waals surface area (Å²) in [5.41, 5.74) is 2.45. The highest BCUT2D eigenvalue weighted by molar-refractivity contribution is 8.02. The first-order chi connectivity index (χ1) is 12.2. The Balaban J connectivity index is 1.90. The standard InChI is InChI=1S/C21H15ClFNS/c22-20-12-5-4-11-19(20)21(24-17-8-2-1-3-9-17)13-14-25-18-10-6-7-16(23)15-18/h1-15H. The molecule has 0 aliphatic heterocycles. The number of para-hydroxylation sites is 1. The maximum absolute atomic E-state index is 13.3. The number of benzene rings is 3. The summed E-state index contributed by atoms with van der Waals surface area (Å²) in [6, 6.07) is 23.8. The Morgan fingerprint density at radius 2 is 1.68 bits per heavy atom. The predicted octanol–water partition coefficient (Wildman–Crippen LogP) is 6.91. The van der Waals surface area contributed by atoms with Crippen molar-refractivity contribution in [2.75, 3.05) is 0 Å². The second-order valence-electron chi connectivity index (χ2n) is 5.19. The van der Waals surface area contributed by atoms with Crippen LogP contribution in [-0.2, 0) is 0 Å². The number of thioether (sulfide) groups is 1. The average Bonchev–Trinajstić information content (AvgIpc) is 2.62. The summed E-state index contributed by atoms with van der Waals surface area (Å²) >= 11 is 7.76. The van der Waals surface area contributed by atoms with Crippen LogP contribution in [0.25, 0.3) is 0 Å². The fourth-order valence-electron chi connectivity index (χ4n) is 2.22. The van der Waals surface area contributed by atoms with Gasteiger partial charge >= 0.3 is 0 Å². The lowest BCUT2D eigenvalue weighted by molar-refractivity contribution is 0.624. The fourth-order valence-corrected chi connectivity index (χ4v) is 3.14. The third kappa shape index (κ3) is 5.05. The Morgan fingerprint density at radius 3 is 2.44 bits per heavy atom. The summed E-state index contributed by atoms with van der Waals surface area (Å²) in [5, 5.41) is 2.53. The van der Waals surface area contributed by atoms with Crippen molar-refractivity contribution in [2.24, 2.45) is 4.99 Å². The van der Waals surface area contributed by atoms with Crippen molar-refractivity contribution in [3.63, 3.8) is 0 Å². The highest BCUT2D eigenvalue weighted by atomic mass is 35.5. The van der Waals surface area contributed by atoms with Crippen LogP contribution in [0.1, 0.15) is 5.56 Å². The lowest BCUT2D eigenvalue weighted by Gasteiger charge is -2.05. The van der Waals surface area contributed by atoms with Gasteiger partial charge in [-0.05, 0) is 47.9 Å². The van der Waals surface area contributed by atoms with Crippen LogP contribution in [0.15, 0.2) is 100 Å². The summed E-state index contributed by atoms with van der Waals surface area (Å²) in [6.07, 6.45) is 1.89. The van der Waals surface area contributed by atoms with Crippen molar-refractivity contribution >= 4 is 34.8 Å². The topological polar surface area (TPSA) is 12.4 Å². The number of nitrogens with zero attached hydrogens (tertiary/aromatic N) is 1. The van der Waals surface area contributed by atoms with Gasteiger partial charge in [0.15, 0.2) is 0 Å². The van der Waals surface area contributed by atoms with Gasteiger partial charge in [-0.3, -0.25) is 0 Å². The van der Waals surface area contributed by atoms with Gasteiger partial charge in [0.25, 0.3) is 0 Å². The van der Waals surface area contributed by atoms with Crippen molar-refractivity contribution < 1.29 is 4.39 Å². The molecule has 1 nitrogen and oxygen atoms in total. The molecule has 0 saturated carbocycles. The molecule has 4 heteroatoms. The van der Waals surface area contributed by atoms with Gasteiger partial charge in [0.1, 0.15) is 5.82 Å². The van der Waals surface area contributed by atoms with E-state index < -0.39 is 0 Å². The van der Waals surface area contributed by atoms with Crippen molar-refractivity contribution in [2.45, 2.75) is 4.90 Å². The van der Waals surface area contributed by atoms with Gasteiger partial charge in [-0.2, -0.15) is 0 Å².